The van der Waals surface area contributed by atoms with Gasteiger partial charge in [-0.3, -0.25) is 0 Å². The Morgan fingerprint density at radius 2 is 2.00 bits per heavy atom. The fourth-order valence-electron chi connectivity index (χ4n) is 0.551. The van der Waals surface area contributed by atoms with Gasteiger partial charge in [-0.15, -0.1) is 0 Å². The summed E-state index contributed by atoms with van der Waals surface area (Å²) >= 11 is 0. The van der Waals surface area contributed by atoms with E-state index in [0.717, 1.165) is 0 Å². The van der Waals surface area contributed by atoms with Crippen molar-refractivity contribution in [1.29, 1.82) is 0 Å². The summed E-state index contributed by atoms with van der Waals surface area (Å²) in [7, 11) is -0.449. The molecule has 0 spiro atoms. The van der Waals surface area contributed by atoms with E-state index in [2.05, 4.69) is 0 Å². The van der Waals surface area contributed by atoms with Gasteiger partial charge in [-0.2, -0.15) is 0 Å². The summed E-state index contributed by atoms with van der Waals surface area (Å²) in [5.41, 5.74) is 0. The lowest BCUT2D eigenvalue weighted by Crippen LogP contribution is -2.27. The first-order valence-corrected chi connectivity index (χ1v) is 3.12. The highest BCUT2D eigenvalue weighted by molar-refractivity contribution is 6.60. The van der Waals surface area contributed by atoms with Crippen LogP contribution >= 0.6 is 0 Å². The quantitative estimate of drug-likeness (QED) is 0.525. The molecule has 0 aromatic heterocycles. The first kappa shape index (κ1) is 9.07. The lowest BCUT2D eigenvalue weighted by molar-refractivity contribution is 0.380. The highest BCUT2D eigenvalue weighted by Gasteiger charge is 2.13. The van der Waals surface area contributed by atoms with E-state index >= 15 is 0 Å². The fraction of sp³-hybridized carbons (Fsp3) is 1.00. The van der Waals surface area contributed by atoms with E-state index in [4.69, 9.17) is 14.2 Å². The van der Waals surface area contributed by atoms with Crippen molar-refractivity contribution in [2.45, 2.75) is 20.5 Å². The Balaban J connectivity index is 3.15. The Kier molecular flexibility index (Phi) is 4.95. The molecule has 0 rings (SSSR count). The molecule has 0 aliphatic rings. The molecule has 0 aromatic carbocycles. The van der Waals surface area contributed by atoms with Crippen molar-refractivity contribution in [1.82, 2.24) is 0 Å². The van der Waals surface area contributed by atoms with Crippen molar-refractivity contribution in [3.05, 3.63) is 0 Å². The predicted octanol–water partition coefficient (Wildman–Crippen LogP) is -0.353. The Labute approximate surface area is 57.3 Å². The average Bonchev–Trinajstić information content (AvgIpc) is 1.63. The predicted molar refractivity (Wildman–Crippen MR) is 40.6 cm³/mol. The van der Waals surface area contributed by atoms with E-state index in [9.17, 15) is 0 Å². The Morgan fingerprint density at radius 1 is 1.44 bits per heavy atom. The molecule has 50 valence electrons. The maximum atomic E-state index is 8.65. The normalized spacial score (nSPS) is 8.89. The molecule has 0 amide bonds. The van der Waals surface area contributed by atoms with Gasteiger partial charge in [0.05, 0.1) is 0 Å². The second kappa shape index (κ2) is 4.91. The fourth-order valence-corrected chi connectivity index (χ4v) is 0.551. The Hall–Kier alpha value is 0.0748. The molecule has 0 heterocycles. The van der Waals surface area contributed by atoms with Crippen molar-refractivity contribution in [2.75, 3.05) is 0 Å². The molecule has 0 aromatic rings. The second-order valence-corrected chi connectivity index (χ2v) is 1.76. The van der Waals surface area contributed by atoms with Gasteiger partial charge < -0.3 is 14.2 Å². The van der Waals surface area contributed by atoms with Crippen molar-refractivity contribution in [2.24, 2.45) is 0 Å². The molecule has 0 saturated heterocycles. The van der Waals surface area contributed by atoms with Crippen molar-refractivity contribution in [3.63, 3.8) is 0 Å². The number of hydrogen-bond acceptors (Lipinski definition) is 3. The van der Waals surface area contributed by atoms with E-state index in [0.29, 0.717) is 7.48 Å². The standard InChI is InChI=1S/C3H11B3O3/c1-4-8-6(3)9-5(2)7/h4,7H,1-3H3. The molecule has 6 heteroatoms. The summed E-state index contributed by atoms with van der Waals surface area (Å²) in [5, 5.41) is 8.65. The second-order valence-electron chi connectivity index (χ2n) is 1.76. The maximum Gasteiger partial charge on any atom is 0.437 e. The topological polar surface area (TPSA) is 38.7 Å². The van der Waals surface area contributed by atoms with E-state index < -0.39 is 7.12 Å². The van der Waals surface area contributed by atoms with E-state index in [1.54, 1.807) is 13.6 Å². The molecule has 1 N–H and O–H groups in total. The Bertz CT molecular complexity index is 69.3. The van der Waals surface area contributed by atoms with Crippen LogP contribution in [0, 0.1) is 0 Å². The summed E-state index contributed by atoms with van der Waals surface area (Å²) in [6.07, 6.45) is 0. The molecule has 0 bridgehead atoms. The van der Waals surface area contributed by atoms with Crippen molar-refractivity contribution in [3.8, 4) is 0 Å². The van der Waals surface area contributed by atoms with Crippen LogP contribution in [0.3, 0.4) is 0 Å². The van der Waals surface area contributed by atoms with Crippen LogP contribution in [-0.2, 0) is 9.14 Å². The third-order valence-electron chi connectivity index (χ3n) is 0.790. The van der Waals surface area contributed by atoms with Crippen LogP contribution in [0.4, 0.5) is 0 Å². The first-order chi connectivity index (χ1) is 4.16. The maximum absolute atomic E-state index is 8.65. The molecule has 0 radical (unpaired) electrons. The first-order valence-electron chi connectivity index (χ1n) is 3.12. The van der Waals surface area contributed by atoms with Crippen molar-refractivity contribution < 1.29 is 14.2 Å². The van der Waals surface area contributed by atoms with Gasteiger partial charge in [0.1, 0.15) is 0 Å². The molecular weight excluding hydrogens is 116 g/mol. The van der Waals surface area contributed by atoms with Gasteiger partial charge in [-0.1, -0.05) is 6.82 Å². The van der Waals surface area contributed by atoms with E-state index in [1.807, 2.05) is 6.82 Å². The molecule has 0 saturated carbocycles. The molecule has 0 unspecified atom stereocenters. The van der Waals surface area contributed by atoms with Crippen LogP contribution in [0.2, 0.25) is 20.5 Å². The third kappa shape index (κ3) is 5.95. The molecule has 0 atom stereocenters. The molecule has 0 fully saturated rings. The van der Waals surface area contributed by atoms with Gasteiger partial charge in [0.2, 0.25) is 0 Å². The van der Waals surface area contributed by atoms with Crippen LogP contribution in [0.5, 0.6) is 0 Å². The minimum Gasteiger partial charge on any atom is -0.479 e. The zero-order valence-corrected chi connectivity index (χ0v) is 6.13. The average molecular weight is 128 g/mol. The minimum atomic E-state index is -0.744. The summed E-state index contributed by atoms with van der Waals surface area (Å²) in [6, 6.07) is 0. The molecule has 3 nitrogen and oxygen atoms in total. The van der Waals surface area contributed by atoms with Gasteiger partial charge in [0.15, 0.2) is 0 Å². The monoisotopic (exact) mass is 128 g/mol. The molecular formula is C3H11B3O3. The lowest BCUT2D eigenvalue weighted by Gasteiger charge is -2.08. The van der Waals surface area contributed by atoms with Gasteiger partial charge in [0.25, 0.3) is 7.48 Å². The molecule has 9 heavy (non-hydrogen) atoms. The van der Waals surface area contributed by atoms with Crippen LogP contribution in [0.1, 0.15) is 0 Å². The lowest BCUT2D eigenvalue weighted by atomic mass is 9.83. The van der Waals surface area contributed by atoms with Gasteiger partial charge >= 0.3 is 14.2 Å². The highest BCUT2D eigenvalue weighted by Crippen LogP contribution is 1.88. The van der Waals surface area contributed by atoms with Gasteiger partial charge in [-0.25, -0.2) is 0 Å². The smallest absolute Gasteiger partial charge is 0.437 e. The highest BCUT2D eigenvalue weighted by atomic mass is 16.6. The molecule has 0 aliphatic carbocycles. The third-order valence-corrected chi connectivity index (χ3v) is 0.790. The van der Waals surface area contributed by atoms with Crippen molar-refractivity contribution >= 4 is 21.7 Å². The van der Waals surface area contributed by atoms with E-state index in [1.165, 1.54) is 0 Å². The van der Waals surface area contributed by atoms with Gasteiger partial charge in [0, 0.05) is 0 Å². The van der Waals surface area contributed by atoms with Crippen LogP contribution in [0.15, 0.2) is 0 Å². The number of rotatable bonds is 4. The minimum absolute atomic E-state index is 0.310. The SMILES string of the molecule is CBOB(C)OB(C)O. The summed E-state index contributed by atoms with van der Waals surface area (Å²) in [6.45, 7) is 5.17. The van der Waals surface area contributed by atoms with Crippen LogP contribution in [-0.4, -0.2) is 26.7 Å². The zero-order chi connectivity index (χ0) is 7.28. The zero-order valence-electron chi connectivity index (χ0n) is 6.13. The summed E-state index contributed by atoms with van der Waals surface area (Å²) in [5.74, 6) is 0. The number of hydrogen-bond donors (Lipinski definition) is 1. The largest absolute Gasteiger partial charge is 0.479 e. The van der Waals surface area contributed by atoms with Crippen LogP contribution in [0.25, 0.3) is 0 Å². The van der Waals surface area contributed by atoms with E-state index in [-0.39, 0.29) is 7.12 Å². The summed E-state index contributed by atoms with van der Waals surface area (Å²) in [4.78, 5) is 0. The Morgan fingerprint density at radius 3 is 2.33 bits per heavy atom. The van der Waals surface area contributed by atoms with Gasteiger partial charge in [-0.05, 0) is 13.6 Å². The van der Waals surface area contributed by atoms with Crippen LogP contribution < -0.4 is 0 Å². The molecule has 0 aliphatic heterocycles. The summed E-state index contributed by atoms with van der Waals surface area (Å²) < 4.78 is 9.79.